The number of ether oxygens (including phenoxy) is 2. The fraction of sp³-hybridized carbons (Fsp3) is 0.235. The van der Waals surface area contributed by atoms with Crippen molar-refractivity contribution < 1.29 is 9.47 Å². The second-order valence-corrected chi connectivity index (χ2v) is 4.97. The second-order valence-electron chi connectivity index (χ2n) is 4.97. The van der Waals surface area contributed by atoms with Crippen molar-refractivity contribution in [3.05, 3.63) is 46.8 Å². The zero-order valence-corrected chi connectivity index (χ0v) is 12.5. The van der Waals surface area contributed by atoms with E-state index < -0.39 is 0 Å². The molecule has 1 aromatic heterocycles. The monoisotopic (exact) mass is 293 g/mol. The number of aryl methyl sites for hydroxylation is 1. The molecule has 0 atom stereocenters. The minimum atomic E-state index is 0.377. The minimum Gasteiger partial charge on any atom is -0.477 e. The summed E-state index contributed by atoms with van der Waals surface area (Å²) in [6.07, 6.45) is 5.52. The lowest BCUT2D eigenvalue weighted by atomic mass is 9.90. The molecule has 0 fully saturated rings. The number of fused-ring (bicyclic) bond motifs is 1. The maximum atomic E-state index is 8.97. The number of benzene rings is 1. The van der Waals surface area contributed by atoms with Crippen molar-refractivity contribution in [3.63, 3.8) is 0 Å². The Morgan fingerprint density at radius 1 is 1.14 bits per heavy atom. The quantitative estimate of drug-likeness (QED) is 0.870. The van der Waals surface area contributed by atoms with E-state index in [4.69, 9.17) is 14.7 Å². The molecule has 0 saturated carbocycles. The van der Waals surface area contributed by atoms with E-state index in [0.29, 0.717) is 17.3 Å². The highest BCUT2D eigenvalue weighted by molar-refractivity contribution is 5.83. The van der Waals surface area contributed by atoms with Gasteiger partial charge in [0.15, 0.2) is 0 Å². The fourth-order valence-corrected chi connectivity index (χ4v) is 2.55. The summed E-state index contributed by atoms with van der Waals surface area (Å²) < 4.78 is 10.3. The SMILES string of the molecule is COc1ncc(C2=Cc3ccc(C#N)cc3CC2)nc1OC. The van der Waals surface area contributed by atoms with Crippen LogP contribution in [0.25, 0.3) is 11.6 Å². The van der Waals surface area contributed by atoms with Gasteiger partial charge in [-0.15, -0.1) is 0 Å². The molecule has 22 heavy (non-hydrogen) atoms. The lowest BCUT2D eigenvalue weighted by Gasteiger charge is -2.17. The third kappa shape index (κ3) is 2.51. The van der Waals surface area contributed by atoms with Gasteiger partial charge in [-0.1, -0.05) is 6.07 Å². The Morgan fingerprint density at radius 2 is 1.95 bits per heavy atom. The van der Waals surface area contributed by atoms with Gasteiger partial charge in [0.05, 0.1) is 37.7 Å². The van der Waals surface area contributed by atoms with Crippen molar-refractivity contribution in [2.24, 2.45) is 0 Å². The number of rotatable bonds is 3. The van der Waals surface area contributed by atoms with Crippen LogP contribution in [0.15, 0.2) is 24.4 Å². The van der Waals surface area contributed by atoms with E-state index in [1.54, 1.807) is 13.3 Å². The molecule has 5 nitrogen and oxygen atoms in total. The third-order valence-electron chi connectivity index (χ3n) is 3.69. The number of hydrogen-bond donors (Lipinski definition) is 0. The number of nitrogens with zero attached hydrogens (tertiary/aromatic N) is 3. The lowest BCUT2D eigenvalue weighted by Crippen LogP contribution is -2.03. The largest absolute Gasteiger partial charge is 0.477 e. The van der Waals surface area contributed by atoms with Crippen LogP contribution in [-0.2, 0) is 6.42 Å². The molecule has 2 aromatic rings. The van der Waals surface area contributed by atoms with Gasteiger partial charge in [0.25, 0.3) is 11.8 Å². The van der Waals surface area contributed by atoms with Gasteiger partial charge in [-0.05, 0) is 47.8 Å². The molecule has 0 aliphatic heterocycles. The Morgan fingerprint density at radius 3 is 2.68 bits per heavy atom. The van der Waals surface area contributed by atoms with E-state index in [2.05, 4.69) is 22.1 Å². The molecule has 0 amide bonds. The maximum Gasteiger partial charge on any atom is 0.278 e. The molecule has 1 aliphatic carbocycles. The minimum absolute atomic E-state index is 0.377. The van der Waals surface area contributed by atoms with Crippen LogP contribution in [0.4, 0.5) is 0 Å². The van der Waals surface area contributed by atoms with Crippen LogP contribution < -0.4 is 9.47 Å². The number of allylic oxidation sites excluding steroid dienone is 1. The van der Waals surface area contributed by atoms with Gasteiger partial charge in [0.1, 0.15) is 0 Å². The van der Waals surface area contributed by atoms with Crippen molar-refractivity contribution in [2.75, 3.05) is 14.2 Å². The number of hydrogen-bond acceptors (Lipinski definition) is 5. The molecule has 3 rings (SSSR count). The Labute approximate surface area is 128 Å². The van der Waals surface area contributed by atoms with Gasteiger partial charge in [-0.3, -0.25) is 0 Å². The highest BCUT2D eigenvalue weighted by atomic mass is 16.5. The topological polar surface area (TPSA) is 68.0 Å². The smallest absolute Gasteiger partial charge is 0.278 e. The summed E-state index contributed by atoms with van der Waals surface area (Å²) in [5.74, 6) is 0.758. The summed E-state index contributed by atoms with van der Waals surface area (Å²) in [5.41, 5.74) is 4.90. The van der Waals surface area contributed by atoms with Crippen molar-refractivity contribution >= 4 is 11.6 Å². The average Bonchev–Trinajstić information content (AvgIpc) is 2.60. The van der Waals surface area contributed by atoms with E-state index in [-0.39, 0.29) is 0 Å². The predicted molar refractivity (Wildman–Crippen MR) is 82.5 cm³/mol. The van der Waals surface area contributed by atoms with Crippen LogP contribution in [0.5, 0.6) is 11.8 Å². The van der Waals surface area contributed by atoms with Crippen LogP contribution in [0.2, 0.25) is 0 Å². The zero-order valence-electron chi connectivity index (χ0n) is 12.5. The number of nitriles is 1. The van der Waals surface area contributed by atoms with Crippen LogP contribution in [-0.4, -0.2) is 24.2 Å². The van der Waals surface area contributed by atoms with Crippen molar-refractivity contribution in [1.29, 1.82) is 5.26 Å². The summed E-state index contributed by atoms with van der Waals surface area (Å²) in [5, 5.41) is 8.97. The molecular weight excluding hydrogens is 278 g/mol. The molecule has 0 bridgehead atoms. The molecule has 5 heteroatoms. The molecule has 0 spiro atoms. The van der Waals surface area contributed by atoms with Gasteiger partial charge < -0.3 is 9.47 Å². The normalized spacial score (nSPS) is 12.9. The van der Waals surface area contributed by atoms with Crippen molar-refractivity contribution in [1.82, 2.24) is 9.97 Å². The number of aromatic nitrogens is 2. The highest BCUT2D eigenvalue weighted by Crippen LogP contribution is 2.32. The predicted octanol–water partition coefficient (Wildman–Crippen LogP) is 2.85. The molecular formula is C17H15N3O2. The molecule has 1 aromatic carbocycles. The van der Waals surface area contributed by atoms with Crippen molar-refractivity contribution in [2.45, 2.75) is 12.8 Å². The molecule has 0 unspecified atom stereocenters. The standard InChI is InChI=1S/C17H15N3O2/c1-21-16-17(22-2)20-15(10-19-16)14-6-5-12-7-11(9-18)3-4-13(12)8-14/h3-4,7-8,10H,5-6H2,1-2H3. The summed E-state index contributed by atoms with van der Waals surface area (Å²) in [6, 6.07) is 7.93. The Bertz CT molecular complexity index is 791. The summed E-state index contributed by atoms with van der Waals surface area (Å²) >= 11 is 0. The van der Waals surface area contributed by atoms with Gasteiger partial charge in [0.2, 0.25) is 0 Å². The number of methoxy groups -OCH3 is 2. The first-order chi connectivity index (χ1) is 10.7. The fourth-order valence-electron chi connectivity index (χ4n) is 2.55. The Kier molecular flexibility index (Phi) is 3.75. The van der Waals surface area contributed by atoms with Gasteiger partial charge in [-0.25, -0.2) is 9.97 Å². The maximum absolute atomic E-state index is 8.97. The van der Waals surface area contributed by atoms with Gasteiger partial charge >= 0.3 is 0 Å². The van der Waals surface area contributed by atoms with E-state index in [1.807, 2.05) is 18.2 Å². The molecule has 1 heterocycles. The Hall–Kier alpha value is -2.87. The third-order valence-corrected chi connectivity index (χ3v) is 3.69. The van der Waals surface area contributed by atoms with Crippen LogP contribution in [0.3, 0.4) is 0 Å². The van der Waals surface area contributed by atoms with E-state index in [0.717, 1.165) is 29.7 Å². The molecule has 1 aliphatic rings. The lowest BCUT2D eigenvalue weighted by molar-refractivity contribution is 0.331. The van der Waals surface area contributed by atoms with Gasteiger partial charge in [-0.2, -0.15) is 5.26 Å². The molecule has 0 saturated heterocycles. The molecule has 0 N–H and O–H groups in total. The van der Waals surface area contributed by atoms with Crippen LogP contribution >= 0.6 is 0 Å². The highest BCUT2D eigenvalue weighted by Gasteiger charge is 2.16. The van der Waals surface area contributed by atoms with Gasteiger partial charge in [0, 0.05) is 0 Å². The zero-order chi connectivity index (χ0) is 15.5. The van der Waals surface area contributed by atoms with E-state index >= 15 is 0 Å². The average molecular weight is 293 g/mol. The van der Waals surface area contributed by atoms with Crippen LogP contribution in [0.1, 0.15) is 28.8 Å². The summed E-state index contributed by atoms with van der Waals surface area (Å²) in [4.78, 5) is 8.69. The van der Waals surface area contributed by atoms with Crippen molar-refractivity contribution in [3.8, 4) is 17.8 Å². The second kappa shape index (κ2) is 5.86. The molecule has 110 valence electrons. The van der Waals surface area contributed by atoms with E-state index in [1.165, 1.54) is 12.7 Å². The van der Waals surface area contributed by atoms with E-state index in [9.17, 15) is 0 Å². The van der Waals surface area contributed by atoms with Crippen LogP contribution in [0, 0.1) is 11.3 Å². The first-order valence-corrected chi connectivity index (χ1v) is 6.94. The first kappa shape index (κ1) is 14.1. The summed E-state index contributed by atoms with van der Waals surface area (Å²) in [6.45, 7) is 0. The first-order valence-electron chi connectivity index (χ1n) is 6.94. The summed E-state index contributed by atoms with van der Waals surface area (Å²) in [7, 11) is 3.08. The Balaban J connectivity index is 1.99. The molecule has 0 radical (unpaired) electrons.